The van der Waals surface area contributed by atoms with Crippen molar-refractivity contribution in [2.24, 2.45) is 5.73 Å². The minimum Gasteiger partial charge on any atom is -0.327 e. The summed E-state index contributed by atoms with van der Waals surface area (Å²) in [6.45, 7) is 4.88. The van der Waals surface area contributed by atoms with Gasteiger partial charge in [-0.15, -0.1) is 11.8 Å². The molecule has 1 rings (SSSR count). The molecule has 0 atom stereocenters. The summed E-state index contributed by atoms with van der Waals surface area (Å²) in [5.74, 6) is 0. The average molecular weight is 242 g/mol. The van der Waals surface area contributed by atoms with Crippen molar-refractivity contribution >= 4 is 29.4 Å². The van der Waals surface area contributed by atoms with Crippen LogP contribution in [0.4, 0.5) is 0 Å². The smallest absolute Gasteiger partial charge is 0.0489 e. The van der Waals surface area contributed by atoms with Crippen LogP contribution in [0.15, 0.2) is 29.2 Å². The van der Waals surface area contributed by atoms with E-state index in [0.29, 0.717) is 11.8 Å². The Bertz CT molecular complexity index is 347. The van der Waals surface area contributed by atoms with Crippen molar-refractivity contribution in [2.75, 3.05) is 6.54 Å². The van der Waals surface area contributed by atoms with E-state index in [1.165, 1.54) is 4.90 Å². The third-order valence-electron chi connectivity index (χ3n) is 1.80. The number of thioether (sulfide) groups is 1. The van der Waals surface area contributed by atoms with Crippen molar-refractivity contribution < 1.29 is 0 Å². The van der Waals surface area contributed by atoms with Gasteiger partial charge >= 0.3 is 0 Å². The van der Waals surface area contributed by atoms with E-state index in [0.717, 1.165) is 10.6 Å². The topological polar surface area (TPSA) is 26.0 Å². The van der Waals surface area contributed by atoms with E-state index in [4.69, 9.17) is 17.3 Å². The molecule has 0 heterocycles. The van der Waals surface area contributed by atoms with Gasteiger partial charge in [-0.05, 0) is 12.1 Å². The van der Waals surface area contributed by atoms with Crippen LogP contribution in [0.1, 0.15) is 19.4 Å². The summed E-state index contributed by atoms with van der Waals surface area (Å²) in [5, 5.41) is 1.33. The van der Waals surface area contributed by atoms with Crippen molar-refractivity contribution in [3.63, 3.8) is 0 Å². The highest BCUT2D eigenvalue weighted by Crippen LogP contribution is 2.31. The predicted octanol–water partition coefficient (Wildman–Crippen LogP) is 3.81. The average Bonchev–Trinajstić information content (AvgIpc) is 2.16. The lowest BCUT2D eigenvalue weighted by atomic mass is 10.2. The van der Waals surface area contributed by atoms with E-state index in [1.54, 1.807) is 0 Å². The molecule has 0 amide bonds. The van der Waals surface area contributed by atoms with Gasteiger partial charge in [0.2, 0.25) is 0 Å². The number of nitrogens with two attached hydrogens (primary N) is 1. The van der Waals surface area contributed by atoms with Gasteiger partial charge < -0.3 is 5.73 Å². The standard InChI is InChI=1S/C12H16ClNS/c1-9(2)15-12-7-3-6-11(13)10(12)5-4-8-14/h3-7,9H,8,14H2,1-2H3/b5-4+. The predicted molar refractivity (Wildman–Crippen MR) is 70.5 cm³/mol. The first-order chi connectivity index (χ1) is 7.15. The van der Waals surface area contributed by atoms with Gasteiger partial charge in [0.25, 0.3) is 0 Å². The molecule has 0 aromatic heterocycles. The Morgan fingerprint density at radius 3 is 2.80 bits per heavy atom. The van der Waals surface area contributed by atoms with Crippen LogP contribution in [-0.4, -0.2) is 11.8 Å². The molecule has 0 saturated heterocycles. The molecule has 0 aliphatic carbocycles. The second kappa shape index (κ2) is 6.21. The molecule has 15 heavy (non-hydrogen) atoms. The highest BCUT2D eigenvalue weighted by atomic mass is 35.5. The minimum absolute atomic E-state index is 0.539. The molecule has 82 valence electrons. The van der Waals surface area contributed by atoms with E-state index in [1.807, 2.05) is 36.0 Å². The Balaban J connectivity index is 3.02. The molecule has 2 N–H and O–H groups in total. The highest BCUT2D eigenvalue weighted by Gasteiger charge is 2.06. The zero-order valence-corrected chi connectivity index (χ0v) is 10.6. The van der Waals surface area contributed by atoms with E-state index < -0.39 is 0 Å². The van der Waals surface area contributed by atoms with Crippen LogP contribution < -0.4 is 5.73 Å². The fourth-order valence-corrected chi connectivity index (χ4v) is 2.49. The normalized spacial score (nSPS) is 11.5. The van der Waals surface area contributed by atoms with E-state index in [2.05, 4.69) is 19.9 Å². The van der Waals surface area contributed by atoms with E-state index >= 15 is 0 Å². The summed E-state index contributed by atoms with van der Waals surface area (Å²) in [6.07, 6.45) is 3.92. The molecule has 0 radical (unpaired) electrons. The molecule has 0 bridgehead atoms. The van der Waals surface area contributed by atoms with E-state index in [9.17, 15) is 0 Å². The molecular formula is C12H16ClNS. The van der Waals surface area contributed by atoms with Gasteiger partial charge in [0.15, 0.2) is 0 Å². The molecule has 1 aromatic rings. The molecule has 1 nitrogen and oxygen atoms in total. The summed E-state index contributed by atoms with van der Waals surface area (Å²) in [6, 6.07) is 5.97. The Hall–Kier alpha value is -0.440. The fourth-order valence-electron chi connectivity index (χ4n) is 1.22. The van der Waals surface area contributed by atoms with Gasteiger partial charge in [-0.3, -0.25) is 0 Å². The summed E-state index contributed by atoms with van der Waals surface area (Å²) in [4.78, 5) is 1.21. The zero-order valence-electron chi connectivity index (χ0n) is 9.03. The molecule has 0 spiro atoms. The maximum Gasteiger partial charge on any atom is 0.0489 e. The summed E-state index contributed by atoms with van der Waals surface area (Å²) < 4.78 is 0. The fraction of sp³-hybridized carbons (Fsp3) is 0.333. The zero-order chi connectivity index (χ0) is 11.3. The van der Waals surface area contributed by atoms with Crippen molar-refractivity contribution in [1.29, 1.82) is 0 Å². The third kappa shape index (κ3) is 3.90. The number of hydrogen-bond donors (Lipinski definition) is 1. The lowest BCUT2D eigenvalue weighted by Crippen LogP contribution is -1.93. The molecule has 1 aromatic carbocycles. The Labute approximate surface area is 101 Å². The molecular weight excluding hydrogens is 226 g/mol. The SMILES string of the molecule is CC(C)Sc1cccc(Cl)c1/C=C/CN. The van der Waals surface area contributed by atoms with Gasteiger partial charge in [0, 0.05) is 27.3 Å². The maximum atomic E-state index is 6.14. The molecule has 0 saturated carbocycles. The molecule has 0 aliphatic heterocycles. The number of benzene rings is 1. The Morgan fingerprint density at radius 1 is 1.47 bits per heavy atom. The van der Waals surface area contributed by atoms with E-state index in [-0.39, 0.29) is 0 Å². The van der Waals surface area contributed by atoms with Crippen LogP contribution in [0, 0.1) is 0 Å². The second-order valence-electron chi connectivity index (χ2n) is 3.46. The maximum absolute atomic E-state index is 6.14. The number of halogens is 1. The van der Waals surface area contributed by atoms with Crippen molar-refractivity contribution in [3.8, 4) is 0 Å². The number of rotatable bonds is 4. The third-order valence-corrected chi connectivity index (χ3v) is 3.21. The summed E-state index contributed by atoms with van der Waals surface area (Å²) in [5.41, 5.74) is 6.51. The summed E-state index contributed by atoms with van der Waals surface area (Å²) in [7, 11) is 0. The quantitative estimate of drug-likeness (QED) is 0.812. The first-order valence-corrected chi connectivity index (χ1v) is 6.22. The Kier molecular flexibility index (Phi) is 5.23. The highest BCUT2D eigenvalue weighted by molar-refractivity contribution is 8.00. The van der Waals surface area contributed by atoms with Gasteiger partial charge in [0.1, 0.15) is 0 Å². The van der Waals surface area contributed by atoms with Gasteiger partial charge in [-0.25, -0.2) is 0 Å². The van der Waals surface area contributed by atoms with Crippen molar-refractivity contribution in [3.05, 3.63) is 34.9 Å². The summed E-state index contributed by atoms with van der Waals surface area (Å²) >= 11 is 7.96. The van der Waals surface area contributed by atoms with Crippen LogP contribution in [0.5, 0.6) is 0 Å². The lowest BCUT2D eigenvalue weighted by Gasteiger charge is -2.09. The first-order valence-electron chi connectivity index (χ1n) is 4.97. The second-order valence-corrected chi connectivity index (χ2v) is 5.48. The molecule has 0 unspecified atom stereocenters. The molecule has 3 heteroatoms. The van der Waals surface area contributed by atoms with Gasteiger partial charge in [0.05, 0.1) is 0 Å². The Morgan fingerprint density at radius 2 is 2.20 bits per heavy atom. The molecule has 0 aliphatic rings. The van der Waals surface area contributed by atoms with Crippen LogP contribution >= 0.6 is 23.4 Å². The van der Waals surface area contributed by atoms with Crippen molar-refractivity contribution in [1.82, 2.24) is 0 Å². The lowest BCUT2D eigenvalue weighted by molar-refractivity contribution is 1.11. The largest absolute Gasteiger partial charge is 0.327 e. The van der Waals surface area contributed by atoms with Crippen molar-refractivity contribution in [2.45, 2.75) is 24.0 Å². The van der Waals surface area contributed by atoms with Crippen LogP contribution in [-0.2, 0) is 0 Å². The van der Waals surface area contributed by atoms with Crippen LogP contribution in [0.25, 0.3) is 6.08 Å². The van der Waals surface area contributed by atoms with Crippen LogP contribution in [0.2, 0.25) is 5.02 Å². The van der Waals surface area contributed by atoms with Crippen LogP contribution in [0.3, 0.4) is 0 Å². The minimum atomic E-state index is 0.539. The number of hydrogen-bond acceptors (Lipinski definition) is 2. The molecule has 0 fully saturated rings. The first kappa shape index (κ1) is 12.6. The monoisotopic (exact) mass is 241 g/mol. The van der Waals surface area contributed by atoms with Gasteiger partial charge in [-0.2, -0.15) is 0 Å². The van der Waals surface area contributed by atoms with Gasteiger partial charge in [-0.1, -0.05) is 43.7 Å².